The van der Waals surface area contributed by atoms with Crippen LogP contribution in [0.2, 0.25) is 0 Å². The van der Waals surface area contributed by atoms with Gasteiger partial charge in [0.15, 0.2) is 0 Å². The Hall–Kier alpha value is -2.30. The Kier molecular flexibility index (Phi) is 4.62. The number of urea groups is 1. The molecule has 1 aromatic rings. The molecule has 3 amide bonds. The molecule has 1 aliphatic heterocycles. The van der Waals surface area contributed by atoms with E-state index in [0.29, 0.717) is 12.2 Å². The van der Waals surface area contributed by atoms with Gasteiger partial charge in [-0.1, -0.05) is 12.1 Å². The minimum Gasteiger partial charge on any atom is -0.372 e. The van der Waals surface area contributed by atoms with E-state index in [9.17, 15) is 9.59 Å². The normalized spacial score (nSPS) is 16.5. The van der Waals surface area contributed by atoms with Crippen molar-refractivity contribution >= 4 is 23.7 Å². The molecule has 5 nitrogen and oxygen atoms in total. The van der Waals surface area contributed by atoms with Gasteiger partial charge in [0.1, 0.15) is 5.70 Å². The van der Waals surface area contributed by atoms with Crippen LogP contribution in [0.15, 0.2) is 30.0 Å². The standard InChI is InChI=1S/C16H21N3O2/c1-4-18(5-2)13-9-7-12(8-10-13)11-14-15(20)19(6-3)16(21)17-14/h7-11H,4-6H2,1-3H3,(H,17,21). The Bertz CT molecular complexity index is 559. The molecule has 1 heterocycles. The highest BCUT2D eigenvalue weighted by Gasteiger charge is 2.31. The van der Waals surface area contributed by atoms with Gasteiger partial charge in [-0.15, -0.1) is 0 Å². The topological polar surface area (TPSA) is 52.7 Å². The van der Waals surface area contributed by atoms with Crippen molar-refractivity contribution in [2.45, 2.75) is 20.8 Å². The van der Waals surface area contributed by atoms with Gasteiger partial charge in [-0.25, -0.2) is 4.79 Å². The second-order valence-electron chi connectivity index (χ2n) is 4.80. The summed E-state index contributed by atoms with van der Waals surface area (Å²) in [6.07, 6.45) is 1.71. The van der Waals surface area contributed by atoms with Gasteiger partial charge < -0.3 is 10.2 Å². The van der Waals surface area contributed by atoms with Crippen LogP contribution in [-0.4, -0.2) is 36.5 Å². The van der Waals surface area contributed by atoms with Gasteiger partial charge >= 0.3 is 6.03 Å². The summed E-state index contributed by atoms with van der Waals surface area (Å²) >= 11 is 0. The van der Waals surface area contributed by atoms with Crippen LogP contribution in [0.25, 0.3) is 6.08 Å². The number of anilines is 1. The fourth-order valence-corrected chi connectivity index (χ4v) is 2.40. The van der Waals surface area contributed by atoms with Crippen molar-refractivity contribution < 1.29 is 9.59 Å². The molecule has 5 heteroatoms. The summed E-state index contributed by atoms with van der Waals surface area (Å²) < 4.78 is 0. The molecule has 112 valence electrons. The summed E-state index contributed by atoms with van der Waals surface area (Å²) in [5.74, 6) is -0.268. The number of nitrogens with one attached hydrogen (secondary N) is 1. The largest absolute Gasteiger partial charge is 0.372 e. The molecule has 0 bridgehead atoms. The lowest BCUT2D eigenvalue weighted by atomic mass is 10.1. The number of carbonyl (C=O) groups excluding carboxylic acids is 2. The molecule has 1 aromatic carbocycles. The van der Waals surface area contributed by atoms with E-state index in [2.05, 4.69) is 24.1 Å². The average Bonchev–Trinajstić information content (AvgIpc) is 2.76. The van der Waals surface area contributed by atoms with Gasteiger partial charge in [-0.2, -0.15) is 0 Å². The zero-order valence-corrected chi connectivity index (χ0v) is 12.7. The maximum atomic E-state index is 12.0. The van der Waals surface area contributed by atoms with Gasteiger partial charge in [0.05, 0.1) is 0 Å². The van der Waals surface area contributed by atoms with Crippen molar-refractivity contribution in [1.82, 2.24) is 10.2 Å². The van der Waals surface area contributed by atoms with Crippen LogP contribution in [0.4, 0.5) is 10.5 Å². The summed E-state index contributed by atoms with van der Waals surface area (Å²) in [6, 6.07) is 7.60. The third-order valence-electron chi connectivity index (χ3n) is 3.61. The molecule has 21 heavy (non-hydrogen) atoms. The lowest BCUT2D eigenvalue weighted by Gasteiger charge is -2.20. The number of hydrogen-bond acceptors (Lipinski definition) is 3. The van der Waals surface area contributed by atoms with Gasteiger partial charge in [-0.3, -0.25) is 9.69 Å². The second kappa shape index (κ2) is 6.43. The van der Waals surface area contributed by atoms with Crippen LogP contribution in [0.1, 0.15) is 26.3 Å². The van der Waals surface area contributed by atoms with E-state index in [1.165, 1.54) is 4.90 Å². The number of imide groups is 1. The maximum Gasteiger partial charge on any atom is 0.328 e. The van der Waals surface area contributed by atoms with E-state index in [4.69, 9.17) is 0 Å². The molecule has 0 aliphatic carbocycles. The molecule has 1 aliphatic rings. The molecular weight excluding hydrogens is 266 g/mol. The van der Waals surface area contributed by atoms with Gasteiger partial charge in [0.25, 0.3) is 5.91 Å². The van der Waals surface area contributed by atoms with Crippen molar-refractivity contribution in [2.75, 3.05) is 24.5 Å². The van der Waals surface area contributed by atoms with Gasteiger partial charge in [0, 0.05) is 25.3 Å². The number of amides is 3. The molecule has 0 unspecified atom stereocenters. The first-order valence-corrected chi connectivity index (χ1v) is 7.30. The van der Waals surface area contributed by atoms with Crippen molar-refractivity contribution in [3.8, 4) is 0 Å². The predicted molar refractivity (Wildman–Crippen MR) is 83.9 cm³/mol. The number of nitrogens with zero attached hydrogens (tertiary/aromatic N) is 2. The van der Waals surface area contributed by atoms with Crippen molar-refractivity contribution in [1.29, 1.82) is 0 Å². The second-order valence-corrected chi connectivity index (χ2v) is 4.80. The average molecular weight is 287 g/mol. The zero-order chi connectivity index (χ0) is 15.4. The quantitative estimate of drug-likeness (QED) is 0.668. The monoisotopic (exact) mass is 287 g/mol. The van der Waals surface area contributed by atoms with E-state index < -0.39 is 0 Å². The Morgan fingerprint density at radius 1 is 1.10 bits per heavy atom. The minimum atomic E-state index is -0.353. The summed E-state index contributed by atoms with van der Waals surface area (Å²) in [5, 5.41) is 2.60. The lowest BCUT2D eigenvalue weighted by Crippen LogP contribution is -2.30. The number of likely N-dealkylation sites (N-methyl/N-ethyl adjacent to an activating group) is 1. The Morgan fingerprint density at radius 3 is 2.19 bits per heavy atom. The highest BCUT2D eigenvalue weighted by Crippen LogP contribution is 2.18. The smallest absolute Gasteiger partial charge is 0.328 e. The molecule has 0 spiro atoms. The number of rotatable bonds is 5. The molecule has 1 saturated heterocycles. The SMILES string of the molecule is CCN1C(=O)NC(=Cc2ccc(N(CC)CC)cc2)C1=O. The first kappa shape index (κ1) is 15.1. The fraction of sp³-hybridized carbons (Fsp3) is 0.375. The van der Waals surface area contributed by atoms with Crippen LogP contribution >= 0.6 is 0 Å². The highest BCUT2D eigenvalue weighted by atomic mass is 16.2. The van der Waals surface area contributed by atoms with Gasteiger partial charge in [0.2, 0.25) is 0 Å². The van der Waals surface area contributed by atoms with E-state index >= 15 is 0 Å². The summed E-state index contributed by atoms with van der Waals surface area (Å²) in [5.41, 5.74) is 2.38. The van der Waals surface area contributed by atoms with Crippen LogP contribution in [0.3, 0.4) is 0 Å². The van der Waals surface area contributed by atoms with Crippen LogP contribution in [-0.2, 0) is 4.79 Å². The van der Waals surface area contributed by atoms with Crippen LogP contribution in [0, 0.1) is 0 Å². The van der Waals surface area contributed by atoms with Crippen LogP contribution < -0.4 is 10.2 Å². The Balaban J connectivity index is 2.19. The van der Waals surface area contributed by atoms with E-state index in [1.54, 1.807) is 13.0 Å². The van der Waals surface area contributed by atoms with Crippen molar-refractivity contribution in [2.24, 2.45) is 0 Å². The third kappa shape index (κ3) is 3.07. The highest BCUT2D eigenvalue weighted by molar-refractivity contribution is 6.13. The Morgan fingerprint density at radius 2 is 1.71 bits per heavy atom. The molecule has 1 N–H and O–H groups in total. The molecule has 0 saturated carbocycles. The molecule has 0 radical (unpaired) electrons. The lowest BCUT2D eigenvalue weighted by molar-refractivity contribution is -0.122. The first-order chi connectivity index (χ1) is 10.1. The summed E-state index contributed by atoms with van der Waals surface area (Å²) in [7, 11) is 0. The predicted octanol–water partition coefficient (Wildman–Crippen LogP) is 2.45. The third-order valence-corrected chi connectivity index (χ3v) is 3.61. The molecule has 2 rings (SSSR count). The fourth-order valence-electron chi connectivity index (χ4n) is 2.40. The number of hydrogen-bond donors (Lipinski definition) is 1. The number of benzene rings is 1. The zero-order valence-electron chi connectivity index (χ0n) is 12.7. The van der Waals surface area contributed by atoms with E-state index in [0.717, 1.165) is 24.3 Å². The maximum absolute atomic E-state index is 12.0. The van der Waals surface area contributed by atoms with E-state index in [1.807, 2.05) is 24.3 Å². The number of carbonyl (C=O) groups is 2. The molecule has 0 atom stereocenters. The summed E-state index contributed by atoms with van der Waals surface area (Å²) in [4.78, 5) is 27.0. The first-order valence-electron chi connectivity index (χ1n) is 7.30. The molecule has 1 fully saturated rings. The van der Waals surface area contributed by atoms with Crippen molar-refractivity contribution in [3.05, 3.63) is 35.5 Å². The Labute approximate surface area is 125 Å². The molecule has 0 aromatic heterocycles. The van der Waals surface area contributed by atoms with E-state index in [-0.39, 0.29) is 11.9 Å². The van der Waals surface area contributed by atoms with Crippen molar-refractivity contribution in [3.63, 3.8) is 0 Å². The minimum absolute atomic E-state index is 0.268. The van der Waals surface area contributed by atoms with Gasteiger partial charge in [-0.05, 0) is 44.5 Å². The van der Waals surface area contributed by atoms with Crippen LogP contribution in [0.5, 0.6) is 0 Å². The molecular formula is C16H21N3O2. The summed E-state index contributed by atoms with van der Waals surface area (Å²) in [6.45, 7) is 8.30.